The van der Waals surface area contributed by atoms with Crippen LogP contribution in [0.4, 0.5) is 4.79 Å². The minimum absolute atomic E-state index is 0.256. The van der Waals surface area contributed by atoms with E-state index in [0.717, 1.165) is 11.1 Å². The van der Waals surface area contributed by atoms with E-state index >= 15 is 0 Å². The number of hydrogen-bond acceptors (Lipinski definition) is 4. The topological polar surface area (TPSA) is 44.8 Å². The van der Waals surface area contributed by atoms with Gasteiger partial charge in [0.1, 0.15) is 19.0 Å². The van der Waals surface area contributed by atoms with Crippen LogP contribution in [0.5, 0.6) is 5.75 Å². The molecule has 1 atom stereocenters. The standard InChI is InChI=1S/C14H12O4/c15-14-17-9-13(18-14)8-16-12-6-5-10-3-1-2-4-11(10)7-12/h1-7,13H,8-9H2. The van der Waals surface area contributed by atoms with Gasteiger partial charge in [-0.1, -0.05) is 30.3 Å². The molecule has 2 aromatic carbocycles. The molecule has 1 saturated heterocycles. The predicted molar refractivity (Wildman–Crippen MR) is 65.7 cm³/mol. The van der Waals surface area contributed by atoms with E-state index in [4.69, 9.17) is 9.47 Å². The summed E-state index contributed by atoms with van der Waals surface area (Å²) in [6, 6.07) is 13.9. The Morgan fingerprint density at radius 2 is 2.00 bits per heavy atom. The molecule has 0 radical (unpaired) electrons. The molecule has 18 heavy (non-hydrogen) atoms. The van der Waals surface area contributed by atoms with Gasteiger partial charge < -0.3 is 14.2 Å². The molecule has 0 aliphatic carbocycles. The van der Waals surface area contributed by atoms with E-state index in [1.54, 1.807) is 0 Å². The third-order valence-electron chi connectivity index (χ3n) is 2.81. The zero-order chi connectivity index (χ0) is 12.4. The van der Waals surface area contributed by atoms with E-state index in [1.165, 1.54) is 5.39 Å². The Kier molecular flexibility index (Phi) is 2.76. The quantitative estimate of drug-likeness (QED) is 0.779. The van der Waals surface area contributed by atoms with Gasteiger partial charge in [-0.15, -0.1) is 0 Å². The Hall–Kier alpha value is -2.23. The average molecular weight is 244 g/mol. The summed E-state index contributed by atoms with van der Waals surface area (Å²) in [7, 11) is 0. The van der Waals surface area contributed by atoms with Gasteiger partial charge in [0.25, 0.3) is 0 Å². The Balaban J connectivity index is 1.69. The van der Waals surface area contributed by atoms with Gasteiger partial charge in [0.2, 0.25) is 0 Å². The molecule has 1 aliphatic heterocycles. The first-order valence-corrected chi connectivity index (χ1v) is 5.76. The van der Waals surface area contributed by atoms with E-state index in [9.17, 15) is 4.79 Å². The number of ether oxygens (including phenoxy) is 3. The van der Waals surface area contributed by atoms with Crippen molar-refractivity contribution < 1.29 is 19.0 Å². The van der Waals surface area contributed by atoms with Crippen LogP contribution in [-0.2, 0) is 9.47 Å². The summed E-state index contributed by atoms with van der Waals surface area (Å²) < 4.78 is 15.2. The number of cyclic esters (lactones) is 2. The molecular weight excluding hydrogens is 232 g/mol. The van der Waals surface area contributed by atoms with Gasteiger partial charge in [-0.2, -0.15) is 0 Å². The zero-order valence-corrected chi connectivity index (χ0v) is 9.67. The van der Waals surface area contributed by atoms with Crippen LogP contribution >= 0.6 is 0 Å². The van der Waals surface area contributed by atoms with E-state index in [2.05, 4.69) is 4.74 Å². The molecule has 0 spiro atoms. The summed E-state index contributed by atoms with van der Waals surface area (Å²) in [5, 5.41) is 2.29. The third kappa shape index (κ3) is 2.22. The van der Waals surface area contributed by atoms with E-state index in [1.807, 2.05) is 42.5 Å². The maximum atomic E-state index is 10.7. The second kappa shape index (κ2) is 4.56. The lowest BCUT2D eigenvalue weighted by atomic mass is 10.1. The highest BCUT2D eigenvalue weighted by Crippen LogP contribution is 2.21. The highest BCUT2D eigenvalue weighted by molar-refractivity contribution is 5.83. The molecule has 92 valence electrons. The van der Waals surface area contributed by atoms with Crippen LogP contribution in [0.15, 0.2) is 42.5 Å². The summed E-state index contributed by atoms with van der Waals surface area (Å²) >= 11 is 0. The summed E-state index contributed by atoms with van der Waals surface area (Å²) in [6.45, 7) is 0.566. The fraction of sp³-hybridized carbons (Fsp3) is 0.214. The number of hydrogen-bond donors (Lipinski definition) is 0. The first-order valence-electron chi connectivity index (χ1n) is 5.76. The van der Waals surface area contributed by atoms with Crippen molar-refractivity contribution in [3.63, 3.8) is 0 Å². The van der Waals surface area contributed by atoms with Crippen LogP contribution < -0.4 is 4.74 Å². The Labute approximate surface area is 104 Å². The Morgan fingerprint density at radius 1 is 1.17 bits per heavy atom. The fourth-order valence-electron chi connectivity index (χ4n) is 1.89. The van der Waals surface area contributed by atoms with Crippen molar-refractivity contribution in [1.82, 2.24) is 0 Å². The van der Waals surface area contributed by atoms with Crippen LogP contribution in [-0.4, -0.2) is 25.5 Å². The van der Waals surface area contributed by atoms with Crippen molar-refractivity contribution in [1.29, 1.82) is 0 Å². The number of benzene rings is 2. The first-order chi connectivity index (χ1) is 8.81. The summed E-state index contributed by atoms with van der Waals surface area (Å²) in [5.74, 6) is 0.761. The molecule has 0 bridgehead atoms. The second-order valence-corrected chi connectivity index (χ2v) is 4.12. The molecule has 0 N–H and O–H groups in total. The summed E-state index contributed by atoms with van der Waals surface area (Å²) in [6.07, 6.45) is -0.939. The van der Waals surface area contributed by atoms with Gasteiger partial charge in [-0.3, -0.25) is 0 Å². The molecule has 0 saturated carbocycles. The van der Waals surface area contributed by atoms with Gasteiger partial charge in [0.05, 0.1) is 0 Å². The van der Waals surface area contributed by atoms with Crippen molar-refractivity contribution in [3.8, 4) is 5.75 Å². The molecule has 1 aliphatic rings. The van der Waals surface area contributed by atoms with Crippen LogP contribution in [0.3, 0.4) is 0 Å². The van der Waals surface area contributed by atoms with Crippen molar-refractivity contribution in [2.75, 3.05) is 13.2 Å². The second-order valence-electron chi connectivity index (χ2n) is 4.12. The van der Waals surface area contributed by atoms with Gasteiger partial charge in [0.15, 0.2) is 6.10 Å². The number of fused-ring (bicyclic) bond motifs is 1. The van der Waals surface area contributed by atoms with Gasteiger partial charge in [0, 0.05) is 0 Å². The van der Waals surface area contributed by atoms with Crippen molar-refractivity contribution in [2.45, 2.75) is 6.10 Å². The minimum Gasteiger partial charge on any atom is -0.490 e. The van der Waals surface area contributed by atoms with Crippen molar-refractivity contribution in [3.05, 3.63) is 42.5 Å². The SMILES string of the molecule is O=C1OCC(COc2ccc3ccccc3c2)O1. The Morgan fingerprint density at radius 3 is 2.78 bits per heavy atom. The molecule has 4 nitrogen and oxygen atoms in total. The molecular formula is C14H12O4. The van der Waals surface area contributed by atoms with Crippen molar-refractivity contribution in [2.24, 2.45) is 0 Å². The molecule has 1 fully saturated rings. The third-order valence-corrected chi connectivity index (χ3v) is 2.81. The minimum atomic E-state index is -0.623. The van der Waals surface area contributed by atoms with Crippen LogP contribution in [0.1, 0.15) is 0 Å². The zero-order valence-electron chi connectivity index (χ0n) is 9.67. The molecule has 1 heterocycles. The monoisotopic (exact) mass is 244 g/mol. The molecule has 4 heteroatoms. The molecule has 3 rings (SSSR count). The fourth-order valence-corrected chi connectivity index (χ4v) is 1.89. The molecule has 1 unspecified atom stereocenters. The number of carbonyl (C=O) groups excluding carboxylic acids is 1. The molecule has 0 aromatic heterocycles. The molecule has 0 amide bonds. The smallest absolute Gasteiger partial charge is 0.490 e. The lowest BCUT2D eigenvalue weighted by Crippen LogP contribution is -2.19. The van der Waals surface area contributed by atoms with Gasteiger partial charge >= 0.3 is 6.16 Å². The lowest BCUT2D eigenvalue weighted by Gasteiger charge is -2.09. The van der Waals surface area contributed by atoms with Crippen molar-refractivity contribution >= 4 is 16.9 Å². The lowest BCUT2D eigenvalue weighted by molar-refractivity contribution is 0.0983. The summed E-state index contributed by atoms with van der Waals surface area (Å²) in [5.41, 5.74) is 0. The largest absolute Gasteiger partial charge is 0.508 e. The maximum Gasteiger partial charge on any atom is 0.508 e. The number of rotatable bonds is 3. The highest BCUT2D eigenvalue weighted by atomic mass is 16.8. The van der Waals surface area contributed by atoms with Crippen LogP contribution in [0.2, 0.25) is 0 Å². The average Bonchev–Trinajstić information content (AvgIpc) is 2.82. The van der Waals surface area contributed by atoms with Crippen LogP contribution in [0, 0.1) is 0 Å². The first kappa shape index (κ1) is 10.9. The summed E-state index contributed by atoms with van der Waals surface area (Å²) in [4.78, 5) is 10.7. The van der Waals surface area contributed by atoms with E-state index < -0.39 is 6.16 Å². The van der Waals surface area contributed by atoms with Gasteiger partial charge in [-0.05, 0) is 22.9 Å². The maximum absolute atomic E-state index is 10.7. The van der Waals surface area contributed by atoms with Crippen LogP contribution in [0.25, 0.3) is 10.8 Å². The number of carbonyl (C=O) groups is 1. The molecule has 2 aromatic rings. The van der Waals surface area contributed by atoms with E-state index in [0.29, 0.717) is 6.61 Å². The van der Waals surface area contributed by atoms with E-state index in [-0.39, 0.29) is 12.7 Å². The Bertz CT molecular complexity index is 579. The predicted octanol–water partition coefficient (Wildman–Crippen LogP) is 2.75. The van der Waals surface area contributed by atoms with Gasteiger partial charge in [-0.25, -0.2) is 4.79 Å². The highest BCUT2D eigenvalue weighted by Gasteiger charge is 2.25. The normalized spacial score (nSPS) is 18.4.